The van der Waals surface area contributed by atoms with Crippen molar-refractivity contribution in [3.63, 3.8) is 0 Å². The van der Waals surface area contributed by atoms with Gasteiger partial charge in [0, 0.05) is 18.1 Å². The number of sulfonamides is 2. The number of nitrogens with zero attached hydrogens (tertiary/aromatic N) is 3. The largest absolute Gasteiger partial charge is 0.325 e. The van der Waals surface area contributed by atoms with Gasteiger partial charge < -0.3 is 5.32 Å². The number of benzene rings is 3. The summed E-state index contributed by atoms with van der Waals surface area (Å²) < 4.78 is 55.3. The van der Waals surface area contributed by atoms with Crippen LogP contribution < -0.4 is 14.3 Å². The van der Waals surface area contributed by atoms with E-state index in [1.54, 1.807) is 30.3 Å². The number of aromatic nitrogens is 2. The first-order chi connectivity index (χ1) is 18.1. The number of aryl methyl sites for hydroxylation is 1. The Morgan fingerprint density at radius 2 is 1.45 bits per heavy atom. The van der Waals surface area contributed by atoms with Crippen molar-refractivity contribution in [1.29, 1.82) is 0 Å². The molecule has 0 saturated carbocycles. The Hall–Kier alpha value is -4.00. The van der Waals surface area contributed by atoms with Gasteiger partial charge in [0.05, 0.1) is 20.5 Å². The van der Waals surface area contributed by atoms with Gasteiger partial charge in [-0.15, -0.1) is 0 Å². The van der Waals surface area contributed by atoms with Crippen molar-refractivity contribution in [2.24, 2.45) is 0 Å². The number of carbonyl (C=O) groups excluding carboxylic acids is 1. The van der Waals surface area contributed by atoms with Crippen LogP contribution in [0.3, 0.4) is 0 Å². The number of halogens is 1. The highest BCUT2D eigenvalue weighted by atomic mass is 35.5. The highest BCUT2D eigenvalue weighted by molar-refractivity contribution is 7.93. The van der Waals surface area contributed by atoms with E-state index in [-0.39, 0.29) is 32.1 Å². The highest BCUT2D eigenvalue weighted by Gasteiger charge is 2.28. The Bertz CT molecular complexity index is 1650. The number of anilines is 3. The smallest absolute Gasteiger partial charge is 0.264 e. The molecule has 0 spiro atoms. The second-order valence-electron chi connectivity index (χ2n) is 8.03. The third-order valence-electron chi connectivity index (χ3n) is 5.26. The van der Waals surface area contributed by atoms with E-state index in [0.717, 1.165) is 9.87 Å². The number of rotatable bonds is 9. The minimum absolute atomic E-state index is 0.000255. The van der Waals surface area contributed by atoms with Crippen molar-refractivity contribution in [2.45, 2.75) is 16.7 Å². The molecule has 1 amide bonds. The molecule has 0 radical (unpaired) electrons. The van der Waals surface area contributed by atoms with Gasteiger partial charge in [-0.2, -0.15) is 0 Å². The summed E-state index contributed by atoms with van der Waals surface area (Å²) in [6, 6.07) is 19.4. The van der Waals surface area contributed by atoms with E-state index in [9.17, 15) is 21.6 Å². The molecule has 0 aliphatic rings. The minimum Gasteiger partial charge on any atom is -0.325 e. The van der Waals surface area contributed by atoms with Crippen LogP contribution in [-0.2, 0) is 24.8 Å². The third-order valence-corrected chi connectivity index (χ3v) is 8.69. The van der Waals surface area contributed by atoms with Crippen LogP contribution in [0, 0.1) is 6.92 Å². The van der Waals surface area contributed by atoms with Gasteiger partial charge in [-0.1, -0.05) is 41.4 Å². The maximum absolute atomic E-state index is 13.5. The normalized spacial score (nSPS) is 11.5. The quantitative estimate of drug-likeness (QED) is 0.309. The zero-order chi connectivity index (χ0) is 27.3. The number of para-hydroxylation sites is 1. The number of hydrogen-bond acceptors (Lipinski definition) is 7. The molecular formula is C25H22ClN5O5S2. The Morgan fingerprint density at radius 1 is 0.842 bits per heavy atom. The summed E-state index contributed by atoms with van der Waals surface area (Å²) in [5.74, 6) is -0.744. The van der Waals surface area contributed by atoms with Gasteiger partial charge in [0.2, 0.25) is 11.9 Å². The molecule has 0 unspecified atom stereocenters. The first kappa shape index (κ1) is 27.0. The fourth-order valence-corrected chi connectivity index (χ4v) is 6.06. The van der Waals surface area contributed by atoms with E-state index in [1.807, 2.05) is 6.92 Å². The SMILES string of the molecule is Cc1ccc(S(=O)(=O)N(CC(=O)Nc2ccc(S(=O)(=O)Nc3ncccn3)cc2)c2ccccc2Cl)cc1. The van der Waals surface area contributed by atoms with Crippen LogP contribution in [0.5, 0.6) is 0 Å². The Balaban J connectivity index is 1.54. The van der Waals surface area contributed by atoms with Crippen molar-refractivity contribution in [3.8, 4) is 0 Å². The molecule has 0 aliphatic carbocycles. The zero-order valence-electron chi connectivity index (χ0n) is 19.9. The molecule has 1 heterocycles. The maximum atomic E-state index is 13.5. The average molecular weight is 572 g/mol. The zero-order valence-corrected chi connectivity index (χ0v) is 22.3. The van der Waals surface area contributed by atoms with Crippen molar-refractivity contribution in [3.05, 3.63) is 102 Å². The fraction of sp³-hybridized carbons (Fsp3) is 0.0800. The van der Waals surface area contributed by atoms with Crippen molar-refractivity contribution < 1.29 is 21.6 Å². The lowest BCUT2D eigenvalue weighted by atomic mass is 10.2. The molecule has 0 atom stereocenters. The molecule has 1 aromatic heterocycles. The van der Waals surface area contributed by atoms with Crippen LogP contribution in [-0.4, -0.2) is 39.3 Å². The van der Waals surface area contributed by atoms with Gasteiger partial charge in [-0.25, -0.2) is 31.5 Å². The molecule has 38 heavy (non-hydrogen) atoms. The maximum Gasteiger partial charge on any atom is 0.264 e. The van der Waals surface area contributed by atoms with Crippen LogP contribution in [0.2, 0.25) is 5.02 Å². The summed E-state index contributed by atoms with van der Waals surface area (Å²) in [5, 5.41) is 2.75. The Kier molecular flexibility index (Phi) is 7.95. The second-order valence-corrected chi connectivity index (χ2v) is 12.0. The van der Waals surface area contributed by atoms with Crippen LogP contribution in [0.15, 0.2) is 101 Å². The third kappa shape index (κ3) is 6.28. The predicted octanol–water partition coefficient (Wildman–Crippen LogP) is 4.07. The van der Waals surface area contributed by atoms with Gasteiger partial charge >= 0.3 is 0 Å². The highest BCUT2D eigenvalue weighted by Crippen LogP contribution is 2.30. The van der Waals surface area contributed by atoms with Gasteiger partial charge in [0.25, 0.3) is 20.0 Å². The van der Waals surface area contributed by atoms with E-state index in [0.29, 0.717) is 0 Å². The van der Waals surface area contributed by atoms with E-state index in [2.05, 4.69) is 20.0 Å². The topological polar surface area (TPSA) is 138 Å². The standard InChI is InChI=1S/C25H22ClN5O5S2/c1-18-7-11-21(12-8-18)38(35,36)31(23-6-3-2-5-22(23)26)17-24(32)29-19-9-13-20(14-10-19)37(33,34)30-25-27-15-4-16-28-25/h2-16H,17H2,1H3,(H,29,32)(H,27,28,30). The lowest BCUT2D eigenvalue weighted by Gasteiger charge is -2.25. The van der Waals surface area contributed by atoms with Crippen molar-refractivity contribution in [2.75, 3.05) is 20.9 Å². The molecule has 0 aliphatic heterocycles. The van der Waals surface area contributed by atoms with Gasteiger partial charge in [-0.3, -0.25) is 9.10 Å². The fourth-order valence-electron chi connectivity index (χ4n) is 3.37. The molecule has 0 bridgehead atoms. The first-order valence-corrected chi connectivity index (χ1v) is 14.4. The van der Waals surface area contributed by atoms with Crippen LogP contribution in [0.4, 0.5) is 17.3 Å². The average Bonchev–Trinajstić information content (AvgIpc) is 2.89. The molecule has 2 N–H and O–H groups in total. The first-order valence-electron chi connectivity index (χ1n) is 11.1. The summed E-state index contributed by atoms with van der Waals surface area (Å²) in [6.45, 7) is 1.25. The van der Waals surface area contributed by atoms with E-state index in [1.165, 1.54) is 60.9 Å². The predicted molar refractivity (Wildman–Crippen MR) is 145 cm³/mol. The summed E-state index contributed by atoms with van der Waals surface area (Å²) in [7, 11) is -8.11. The molecule has 196 valence electrons. The molecule has 4 aromatic rings. The van der Waals surface area contributed by atoms with Gasteiger partial charge in [0.1, 0.15) is 6.54 Å². The molecule has 4 rings (SSSR count). The van der Waals surface area contributed by atoms with Gasteiger partial charge in [-0.05, 0) is 61.5 Å². The monoisotopic (exact) mass is 571 g/mol. The Labute approximate surface area is 225 Å². The van der Waals surface area contributed by atoms with Gasteiger partial charge in [0.15, 0.2) is 0 Å². The molecule has 3 aromatic carbocycles. The number of carbonyl (C=O) groups is 1. The van der Waals surface area contributed by atoms with Crippen LogP contribution in [0.1, 0.15) is 5.56 Å². The molecular weight excluding hydrogens is 550 g/mol. The lowest BCUT2D eigenvalue weighted by molar-refractivity contribution is -0.114. The summed E-state index contributed by atoms with van der Waals surface area (Å²) in [6.07, 6.45) is 2.79. The van der Waals surface area contributed by atoms with Crippen molar-refractivity contribution >= 4 is 54.9 Å². The summed E-state index contributed by atoms with van der Waals surface area (Å²) in [5.41, 5.74) is 1.28. The number of amides is 1. The molecule has 13 heteroatoms. The molecule has 10 nitrogen and oxygen atoms in total. The van der Waals surface area contributed by atoms with E-state index >= 15 is 0 Å². The molecule has 0 saturated heterocycles. The molecule has 0 fully saturated rings. The number of hydrogen-bond donors (Lipinski definition) is 2. The van der Waals surface area contributed by atoms with Crippen LogP contribution in [0.25, 0.3) is 0 Å². The van der Waals surface area contributed by atoms with Crippen molar-refractivity contribution in [1.82, 2.24) is 9.97 Å². The summed E-state index contributed by atoms with van der Waals surface area (Å²) >= 11 is 6.29. The second kappa shape index (κ2) is 11.2. The van der Waals surface area contributed by atoms with E-state index < -0.39 is 32.5 Å². The Morgan fingerprint density at radius 3 is 2.08 bits per heavy atom. The van der Waals surface area contributed by atoms with E-state index in [4.69, 9.17) is 11.6 Å². The van der Waals surface area contributed by atoms with Crippen LogP contribution >= 0.6 is 11.6 Å². The lowest BCUT2D eigenvalue weighted by Crippen LogP contribution is -2.38. The number of nitrogens with one attached hydrogen (secondary N) is 2. The minimum atomic E-state index is -4.15. The summed E-state index contributed by atoms with van der Waals surface area (Å²) in [4.78, 5) is 20.5.